The second-order valence-corrected chi connectivity index (χ2v) is 11.2. The zero-order chi connectivity index (χ0) is 22.6. The van der Waals surface area contributed by atoms with E-state index in [2.05, 4.69) is 63.2 Å². The molecular weight excluding hydrogens is 408 g/mol. The number of ether oxygens (including phenoxy) is 3. The van der Waals surface area contributed by atoms with E-state index in [1.807, 2.05) is 0 Å². The second-order valence-electron chi connectivity index (χ2n) is 11.2. The van der Waals surface area contributed by atoms with Gasteiger partial charge in [0.05, 0.1) is 13.2 Å². The lowest BCUT2D eigenvalue weighted by atomic mass is 9.55. The van der Waals surface area contributed by atoms with Gasteiger partial charge in [0.25, 0.3) is 0 Å². The molecule has 1 heterocycles. The molecule has 176 valence electrons. The van der Waals surface area contributed by atoms with Gasteiger partial charge in [0.2, 0.25) is 0 Å². The molecular formula is C30H38O3. The molecule has 0 amide bonds. The quantitative estimate of drug-likeness (QED) is 0.484. The maximum Gasteiger partial charge on any atom is 0.174 e. The van der Waals surface area contributed by atoms with Crippen LogP contribution < -0.4 is 4.74 Å². The van der Waals surface area contributed by atoms with Crippen LogP contribution in [-0.2, 0) is 15.9 Å². The molecule has 6 rings (SSSR count). The van der Waals surface area contributed by atoms with E-state index in [0.29, 0.717) is 17.8 Å². The van der Waals surface area contributed by atoms with E-state index in [1.54, 1.807) is 5.56 Å². The standard InChI is InChI=1S/C30H38O3/c1-4-20(2)21-5-8-23(9-6-21)33-24-10-12-25-22(19-24)7-11-27-26(25)13-15-29(3)28(27)14-16-30(29)31-17-18-32-30/h5-6,8-10,12,19-20,26-28H,4,7,11,13-18H2,1-3H3/t20-,26-,27-,28+,29+/m1/s1. The summed E-state index contributed by atoms with van der Waals surface area (Å²) in [5, 5.41) is 0. The van der Waals surface area contributed by atoms with Crippen molar-refractivity contribution in [2.24, 2.45) is 17.3 Å². The topological polar surface area (TPSA) is 27.7 Å². The third-order valence-corrected chi connectivity index (χ3v) is 9.79. The predicted molar refractivity (Wildman–Crippen MR) is 131 cm³/mol. The Labute approximate surface area is 198 Å². The van der Waals surface area contributed by atoms with Gasteiger partial charge in [0.15, 0.2) is 5.79 Å². The van der Waals surface area contributed by atoms with Gasteiger partial charge in [0, 0.05) is 11.8 Å². The van der Waals surface area contributed by atoms with Crippen LogP contribution in [0.2, 0.25) is 0 Å². The summed E-state index contributed by atoms with van der Waals surface area (Å²) < 4.78 is 18.8. The highest BCUT2D eigenvalue weighted by Crippen LogP contribution is 2.66. The summed E-state index contributed by atoms with van der Waals surface area (Å²) in [5.74, 6) is 4.33. The molecule has 3 nitrogen and oxygen atoms in total. The summed E-state index contributed by atoms with van der Waals surface area (Å²) in [4.78, 5) is 0. The van der Waals surface area contributed by atoms with Gasteiger partial charge in [0.1, 0.15) is 11.5 Å². The molecule has 0 bridgehead atoms. The summed E-state index contributed by atoms with van der Waals surface area (Å²) in [5.41, 5.74) is 4.62. The van der Waals surface area contributed by atoms with Crippen LogP contribution in [0.25, 0.3) is 0 Å². The maximum absolute atomic E-state index is 6.28. The van der Waals surface area contributed by atoms with Crippen LogP contribution in [-0.4, -0.2) is 19.0 Å². The van der Waals surface area contributed by atoms with Crippen molar-refractivity contribution in [1.82, 2.24) is 0 Å². The monoisotopic (exact) mass is 446 g/mol. The summed E-state index contributed by atoms with van der Waals surface area (Å²) in [7, 11) is 0. The molecule has 33 heavy (non-hydrogen) atoms. The Balaban J connectivity index is 1.20. The Morgan fingerprint density at radius 3 is 2.48 bits per heavy atom. The van der Waals surface area contributed by atoms with Gasteiger partial charge < -0.3 is 14.2 Å². The van der Waals surface area contributed by atoms with Crippen molar-refractivity contribution in [2.75, 3.05) is 13.2 Å². The van der Waals surface area contributed by atoms with E-state index in [1.165, 1.54) is 36.8 Å². The minimum atomic E-state index is -0.301. The van der Waals surface area contributed by atoms with Gasteiger partial charge in [-0.3, -0.25) is 0 Å². The van der Waals surface area contributed by atoms with Crippen molar-refractivity contribution in [3.63, 3.8) is 0 Å². The number of hydrogen-bond donors (Lipinski definition) is 0. The fourth-order valence-electron chi connectivity index (χ4n) is 7.74. The Morgan fingerprint density at radius 2 is 1.73 bits per heavy atom. The highest BCUT2D eigenvalue weighted by atomic mass is 16.7. The SMILES string of the molecule is CC[C@@H](C)c1ccc(Oc2ccc3c(c2)CC[C@@H]2[C@@H]3CC[C@@]3(C)[C@H]2CCC32OCCO2)cc1. The lowest BCUT2D eigenvalue weighted by Gasteiger charge is -2.52. The summed E-state index contributed by atoms with van der Waals surface area (Å²) in [6, 6.07) is 15.5. The number of rotatable bonds is 4. The molecule has 4 aliphatic rings. The van der Waals surface area contributed by atoms with Crippen molar-refractivity contribution in [2.45, 2.75) is 83.3 Å². The van der Waals surface area contributed by atoms with Crippen LogP contribution in [0.3, 0.4) is 0 Å². The smallest absolute Gasteiger partial charge is 0.174 e. The normalized spacial score (nSPS) is 32.8. The first kappa shape index (κ1) is 21.7. The molecule has 3 aliphatic carbocycles. The van der Waals surface area contributed by atoms with Gasteiger partial charge in [-0.25, -0.2) is 0 Å². The molecule has 2 aromatic rings. The summed E-state index contributed by atoms with van der Waals surface area (Å²) in [6.07, 6.45) is 8.38. The molecule has 0 unspecified atom stereocenters. The Kier molecular flexibility index (Phi) is 5.34. The first-order valence-corrected chi connectivity index (χ1v) is 13.2. The summed E-state index contributed by atoms with van der Waals surface area (Å²) in [6.45, 7) is 8.51. The first-order chi connectivity index (χ1) is 16.0. The maximum atomic E-state index is 6.28. The zero-order valence-corrected chi connectivity index (χ0v) is 20.4. The third kappa shape index (κ3) is 3.38. The van der Waals surface area contributed by atoms with Gasteiger partial charge in [-0.1, -0.05) is 39.0 Å². The van der Waals surface area contributed by atoms with E-state index in [0.717, 1.165) is 49.9 Å². The molecule has 1 saturated heterocycles. The van der Waals surface area contributed by atoms with E-state index < -0.39 is 0 Å². The largest absolute Gasteiger partial charge is 0.457 e. The number of hydrogen-bond acceptors (Lipinski definition) is 3. The average Bonchev–Trinajstić information content (AvgIpc) is 3.44. The van der Waals surface area contributed by atoms with Crippen LogP contribution in [0.15, 0.2) is 42.5 Å². The van der Waals surface area contributed by atoms with Gasteiger partial charge in [-0.2, -0.15) is 0 Å². The first-order valence-electron chi connectivity index (χ1n) is 13.2. The molecule has 0 aromatic heterocycles. The molecule has 1 spiro atoms. The van der Waals surface area contributed by atoms with E-state index >= 15 is 0 Å². The Hall–Kier alpha value is -1.84. The molecule has 3 heteroatoms. The van der Waals surface area contributed by atoms with E-state index in [4.69, 9.17) is 14.2 Å². The van der Waals surface area contributed by atoms with Gasteiger partial charge in [-0.05, 0) is 103 Å². The van der Waals surface area contributed by atoms with Gasteiger partial charge in [-0.15, -0.1) is 0 Å². The molecule has 0 radical (unpaired) electrons. The van der Waals surface area contributed by atoms with Crippen molar-refractivity contribution in [3.8, 4) is 11.5 Å². The Bertz CT molecular complexity index is 1010. The zero-order valence-electron chi connectivity index (χ0n) is 20.4. The van der Waals surface area contributed by atoms with Gasteiger partial charge >= 0.3 is 0 Å². The van der Waals surface area contributed by atoms with Crippen LogP contribution in [0.4, 0.5) is 0 Å². The van der Waals surface area contributed by atoms with E-state index in [-0.39, 0.29) is 11.2 Å². The van der Waals surface area contributed by atoms with Crippen LogP contribution in [0.1, 0.15) is 87.8 Å². The second kappa shape index (κ2) is 8.13. The van der Waals surface area contributed by atoms with E-state index in [9.17, 15) is 0 Å². The molecule has 2 aromatic carbocycles. The fourth-order valence-corrected chi connectivity index (χ4v) is 7.74. The lowest BCUT2D eigenvalue weighted by Crippen LogP contribution is -2.51. The van der Waals surface area contributed by atoms with Crippen LogP contribution in [0, 0.1) is 17.3 Å². The highest BCUT2D eigenvalue weighted by molar-refractivity contribution is 5.43. The number of benzene rings is 2. The summed E-state index contributed by atoms with van der Waals surface area (Å²) >= 11 is 0. The third-order valence-electron chi connectivity index (χ3n) is 9.79. The van der Waals surface area contributed by atoms with Crippen molar-refractivity contribution >= 4 is 0 Å². The van der Waals surface area contributed by atoms with Crippen molar-refractivity contribution < 1.29 is 14.2 Å². The minimum Gasteiger partial charge on any atom is -0.457 e. The molecule has 0 N–H and O–H groups in total. The van der Waals surface area contributed by atoms with Crippen molar-refractivity contribution in [1.29, 1.82) is 0 Å². The van der Waals surface area contributed by atoms with Crippen molar-refractivity contribution in [3.05, 3.63) is 59.2 Å². The Morgan fingerprint density at radius 1 is 0.970 bits per heavy atom. The number of aryl methyl sites for hydroxylation is 1. The fraction of sp³-hybridized carbons (Fsp3) is 0.600. The average molecular weight is 447 g/mol. The highest BCUT2D eigenvalue weighted by Gasteiger charge is 2.64. The molecule has 3 fully saturated rings. The van der Waals surface area contributed by atoms with Crippen LogP contribution in [0.5, 0.6) is 11.5 Å². The molecule has 1 aliphatic heterocycles. The minimum absolute atomic E-state index is 0.173. The molecule has 5 atom stereocenters. The predicted octanol–water partition coefficient (Wildman–Crippen LogP) is 7.59. The number of fused-ring (bicyclic) bond motifs is 6. The lowest BCUT2D eigenvalue weighted by molar-refractivity contribution is -0.237. The molecule has 2 saturated carbocycles. The van der Waals surface area contributed by atoms with Crippen LogP contribution >= 0.6 is 0 Å².